The highest BCUT2D eigenvalue weighted by molar-refractivity contribution is 5.41. The van der Waals surface area contributed by atoms with Crippen LogP contribution in [0.25, 0.3) is 0 Å². The molecule has 0 saturated carbocycles. The summed E-state index contributed by atoms with van der Waals surface area (Å²) >= 11 is 0. The van der Waals surface area contributed by atoms with E-state index in [9.17, 15) is 0 Å². The minimum absolute atomic E-state index is 0.189. The summed E-state index contributed by atoms with van der Waals surface area (Å²) in [6.07, 6.45) is 3.44. The Labute approximate surface area is 63.6 Å². The van der Waals surface area contributed by atoms with Crippen LogP contribution < -0.4 is 0 Å². The van der Waals surface area contributed by atoms with Crippen molar-refractivity contribution < 1.29 is 0 Å². The van der Waals surface area contributed by atoms with Gasteiger partial charge in [-0.2, -0.15) is 0 Å². The molecule has 10 heavy (non-hydrogen) atoms. The Morgan fingerprint density at radius 2 is 1.60 bits per heavy atom. The first-order chi connectivity index (χ1) is 4.45. The van der Waals surface area contributed by atoms with Gasteiger partial charge in [0, 0.05) is 5.41 Å². The van der Waals surface area contributed by atoms with E-state index in [1.807, 2.05) is 0 Å². The van der Waals surface area contributed by atoms with E-state index in [0.29, 0.717) is 0 Å². The molecular weight excluding hydrogens is 120 g/mol. The summed E-state index contributed by atoms with van der Waals surface area (Å²) in [4.78, 5) is 0. The van der Waals surface area contributed by atoms with Crippen molar-refractivity contribution in [3.63, 3.8) is 0 Å². The fourth-order valence-corrected chi connectivity index (χ4v) is 1.41. The van der Waals surface area contributed by atoms with Crippen LogP contribution in [0.5, 0.6) is 0 Å². The van der Waals surface area contributed by atoms with Gasteiger partial charge in [0.2, 0.25) is 0 Å². The summed E-state index contributed by atoms with van der Waals surface area (Å²) in [7, 11) is 0. The van der Waals surface area contributed by atoms with Crippen LogP contribution in [0, 0.1) is 11.5 Å². The van der Waals surface area contributed by atoms with Gasteiger partial charge in [0.05, 0.1) is 0 Å². The fourth-order valence-electron chi connectivity index (χ4n) is 1.41. The lowest BCUT2D eigenvalue weighted by Crippen LogP contribution is -2.06. The number of allylic oxidation sites excluding steroid dienone is 4. The molecule has 1 aliphatic rings. The van der Waals surface area contributed by atoms with Crippen molar-refractivity contribution in [1.29, 1.82) is 0 Å². The SMILES string of the molecule is CC1=[C]C(C)(C)C(C)=C1C. The maximum absolute atomic E-state index is 3.44. The predicted molar refractivity (Wildman–Crippen MR) is 44.6 cm³/mol. The van der Waals surface area contributed by atoms with Gasteiger partial charge in [-0.1, -0.05) is 19.4 Å². The maximum atomic E-state index is 3.44. The Morgan fingerprint density at radius 3 is 1.70 bits per heavy atom. The van der Waals surface area contributed by atoms with E-state index in [1.165, 1.54) is 16.7 Å². The summed E-state index contributed by atoms with van der Waals surface area (Å²) in [5.74, 6) is 0. The highest BCUT2D eigenvalue weighted by Crippen LogP contribution is 2.38. The Hall–Kier alpha value is -0.520. The minimum atomic E-state index is 0.189. The molecule has 55 valence electrons. The fraction of sp³-hybridized carbons (Fsp3) is 0.600. The van der Waals surface area contributed by atoms with Crippen molar-refractivity contribution >= 4 is 0 Å². The smallest absolute Gasteiger partial charge is 0.0114 e. The molecule has 0 aliphatic heterocycles. The second-order valence-electron chi connectivity index (χ2n) is 3.62. The van der Waals surface area contributed by atoms with Crippen molar-refractivity contribution in [2.45, 2.75) is 34.6 Å². The standard InChI is InChI=1S/C10H15/c1-7-6-10(4,5)9(3)8(7)2/h1-5H3. The van der Waals surface area contributed by atoms with Crippen LogP contribution in [0.15, 0.2) is 16.7 Å². The first-order valence-corrected chi connectivity index (χ1v) is 3.75. The molecule has 0 aromatic heterocycles. The molecule has 0 unspecified atom stereocenters. The third-order valence-corrected chi connectivity index (χ3v) is 2.56. The molecule has 0 fully saturated rings. The van der Waals surface area contributed by atoms with Crippen molar-refractivity contribution in [1.82, 2.24) is 0 Å². The quantitative estimate of drug-likeness (QED) is 0.478. The van der Waals surface area contributed by atoms with Gasteiger partial charge in [0.1, 0.15) is 0 Å². The maximum Gasteiger partial charge on any atom is 0.0114 e. The number of hydrogen-bond acceptors (Lipinski definition) is 0. The van der Waals surface area contributed by atoms with Gasteiger partial charge in [-0.25, -0.2) is 0 Å². The topological polar surface area (TPSA) is 0 Å². The van der Waals surface area contributed by atoms with E-state index < -0.39 is 0 Å². The molecule has 1 radical (unpaired) electrons. The zero-order valence-electron chi connectivity index (χ0n) is 7.50. The van der Waals surface area contributed by atoms with Crippen LogP contribution in [-0.4, -0.2) is 0 Å². The van der Waals surface area contributed by atoms with E-state index in [-0.39, 0.29) is 5.41 Å². The summed E-state index contributed by atoms with van der Waals surface area (Å²) in [5, 5.41) is 0. The number of rotatable bonds is 0. The van der Waals surface area contributed by atoms with Crippen molar-refractivity contribution in [2.75, 3.05) is 0 Å². The Bertz CT molecular complexity index is 214. The molecule has 1 rings (SSSR count). The molecule has 0 heteroatoms. The molecular formula is C10H15. The Morgan fingerprint density at radius 1 is 1.10 bits per heavy atom. The molecule has 0 nitrogen and oxygen atoms in total. The van der Waals surface area contributed by atoms with Crippen LogP contribution >= 0.6 is 0 Å². The van der Waals surface area contributed by atoms with Crippen LogP contribution in [0.2, 0.25) is 0 Å². The molecule has 0 aromatic rings. The van der Waals surface area contributed by atoms with Gasteiger partial charge in [0.25, 0.3) is 0 Å². The van der Waals surface area contributed by atoms with Crippen molar-refractivity contribution in [2.24, 2.45) is 5.41 Å². The van der Waals surface area contributed by atoms with E-state index in [0.717, 1.165) is 0 Å². The van der Waals surface area contributed by atoms with E-state index >= 15 is 0 Å². The average molecular weight is 135 g/mol. The monoisotopic (exact) mass is 135 g/mol. The van der Waals surface area contributed by atoms with Crippen LogP contribution in [0.3, 0.4) is 0 Å². The highest BCUT2D eigenvalue weighted by atomic mass is 14.3. The minimum Gasteiger partial charge on any atom is -0.0601 e. The average Bonchev–Trinajstić information content (AvgIpc) is 1.95. The predicted octanol–water partition coefficient (Wildman–Crippen LogP) is 3.11. The third kappa shape index (κ3) is 0.920. The molecule has 0 spiro atoms. The van der Waals surface area contributed by atoms with E-state index in [2.05, 4.69) is 40.7 Å². The summed E-state index contributed by atoms with van der Waals surface area (Å²) in [6.45, 7) is 10.9. The Balaban J connectivity index is 3.12. The van der Waals surface area contributed by atoms with Gasteiger partial charge in [0.15, 0.2) is 0 Å². The molecule has 0 aromatic carbocycles. The second kappa shape index (κ2) is 1.98. The van der Waals surface area contributed by atoms with Gasteiger partial charge >= 0.3 is 0 Å². The van der Waals surface area contributed by atoms with Crippen LogP contribution in [-0.2, 0) is 0 Å². The highest BCUT2D eigenvalue weighted by Gasteiger charge is 2.25. The zero-order chi connectivity index (χ0) is 7.94. The normalized spacial score (nSPS) is 23.5. The van der Waals surface area contributed by atoms with E-state index in [4.69, 9.17) is 0 Å². The zero-order valence-corrected chi connectivity index (χ0v) is 7.50. The lowest BCUT2D eigenvalue weighted by atomic mass is 9.88. The molecule has 0 bridgehead atoms. The lowest BCUT2D eigenvalue weighted by Gasteiger charge is -2.16. The van der Waals surface area contributed by atoms with E-state index in [1.54, 1.807) is 0 Å². The summed E-state index contributed by atoms with van der Waals surface area (Å²) in [6, 6.07) is 0. The number of hydrogen-bond donors (Lipinski definition) is 0. The van der Waals surface area contributed by atoms with Crippen LogP contribution in [0.1, 0.15) is 34.6 Å². The summed E-state index contributed by atoms with van der Waals surface area (Å²) < 4.78 is 0. The van der Waals surface area contributed by atoms with Crippen molar-refractivity contribution in [3.05, 3.63) is 22.8 Å². The van der Waals surface area contributed by atoms with Gasteiger partial charge in [-0.05, 0) is 38.0 Å². The molecule has 0 N–H and O–H groups in total. The third-order valence-electron chi connectivity index (χ3n) is 2.56. The van der Waals surface area contributed by atoms with Gasteiger partial charge in [-0.15, -0.1) is 0 Å². The molecule has 0 amide bonds. The molecule has 0 atom stereocenters. The lowest BCUT2D eigenvalue weighted by molar-refractivity contribution is 0.568. The molecule has 0 saturated heterocycles. The largest absolute Gasteiger partial charge is 0.0601 e. The van der Waals surface area contributed by atoms with Gasteiger partial charge < -0.3 is 0 Å². The summed E-state index contributed by atoms with van der Waals surface area (Å²) in [5.41, 5.74) is 4.39. The Kier molecular flexibility index (Phi) is 1.50. The molecule has 1 aliphatic carbocycles. The van der Waals surface area contributed by atoms with Gasteiger partial charge in [-0.3, -0.25) is 0 Å². The first kappa shape index (κ1) is 7.59. The van der Waals surface area contributed by atoms with Crippen LogP contribution in [0.4, 0.5) is 0 Å². The molecule has 0 heterocycles. The first-order valence-electron chi connectivity index (χ1n) is 3.75. The second-order valence-corrected chi connectivity index (χ2v) is 3.62. The van der Waals surface area contributed by atoms with Crippen molar-refractivity contribution in [3.8, 4) is 0 Å².